The zero-order valence-corrected chi connectivity index (χ0v) is 10.3. The van der Waals surface area contributed by atoms with Gasteiger partial charge in [-0.05, 0) is 18.2 Å². The van der Waals surface area contributed by atoms with Crippen molar-refractivity contribution in [2.75, 3.05) is 13.1 Å². The second-order valence-corrected chi connectivity index (χ2v) is 4.28. The smallest absolute Gasteiger partial charge is 0.345 e. The van der Waals surface area contributed by atoms with E-state index in [1.165, 1.54) is 0 Å². The van der Waals surface area contributed by atoms with Gasteiger partial charge in [0.25, 0.3) is 11.8 Å². The van der Waals surface area contributed by atoms with Gasteiger partial charge in [0.15, 0.2) is 0 Å². The van der Waals surface area contributed by atoms with Gasteiger partial charge in [-0.1, -0.05) is 0 Å². The molecule has 0 unspecified atom stereocenters. The molecule has 0 bridgehead atoms. The highest BCUT2D eigenvalue weighted by atomic mass is 19.4. The standard InChI is InChI=1S/C12H8F4N2O3/c13-6-1-2-7-8(3-6)11(21)18(10(7)20)4-9(19)17-5-12(14,15)16/h1-3H,4-5H2,(H,17,19). The van der Waals surface area contributed by atoms with Crippen LogP contribution in [0.2, 0.25) is 0 Å². The number of hydrogen-bond donors (Lipinski definition) is 1. The van der Waals surface area contributed by atoms with Crippen molar-refractivity contribution in [3.8, 4) is 0 Å². The van der Waals surface area contributed by atoms with Gasteiger partial charge in [-0.25, -0.2) is 4.39 Å². The Kier molecular flexibility index (Phi) is 3.67. The maximum atomic E-state index is 13.0. The average molecular weight is 304 g/mol. The van der Waals surface area contributed by atoms with E-state index in [-0.39, 0.29) is 11.1 Å². The average Bonchev–Trinajstić information content (AvgIpc) is 2.60. The number of imide groups is 1. The summed E-state index contributed by atoms with van der Waals surface area (Å²) in [7, 11) is 0. The Morgan fingerprint density at radius 3 is 2.38 bits per heavy atom. The number of amides is 3. The minimum Gasteiger partial charge on any atom is -0.345 e. The third kappa shape index (κ3) is 3.18. The number of nitrogens with zero attached hydrogens (tertiary/aromatic N) is 1. The van der Waals surface area contributed by atoms with Crippen molar-refractivity contribution in [1.82, 2.24) is 10.2 Å². The van der Waals surface area contributed by atoms with Crippen LogP contribution in [0.1, 0.15) is 20.7 Å². The zero-order chi connectivity index (χ0) is 15.8. The molecule has 1 aliphatic rings. The van der Waals surface area contributed by atoms with E-state index in [0.29, 0.717) is 4.90 Å². The molecule has 0 saturated heterocycles. The van der Waals surface area contributed by atoms with Crippen molar-refractivity contribution < 1.29 is 31.9 Å². The Labute approximate surface area is 115 Å². The lowest BCUT2D eigenvalue weighted by Crippen LogP contribution is -2.43. The number of nitrogens with one attached hydrogen (secondary N) is 1. The van der Waals surface area contributed by atoms with Crippen molar-refractivity contribution in [2.45, 2.75) is 6.18 Å². The number of hydrogen-bond acceptors (Lipinski definition) is 3. The molecular weight excluding hydrogens is 296 g/mol. The summed E-state index contributed by atoms with van der Waals surface area (Å²) in [5.74, 6) is -3.64. The summed E-state index contributed by atoms with van der Waals surface area (Å²) in [6, 6.07) is 2.89. The fourth-order valence-corrected chi connectivity index (χ4v) is 1.80. The fraction of sp³-hybridized carbons (Fsp3) is 0.250. The molecule has 1 aromatic rings. The minimum atomic E-state index is -4.60. The Balaban J connectivity index is 2.08. The first-order chi connectivity index (χ1) is 9.69. The van der Waals surface area contributed by atoms with Crippen LogP contribution in [0.4, 0.5) is 17.6 Å². The van der Waals surface area contributed by atoms with Crippen molar-refractivity contribution in [2.24, 2.45) is 0 Å². The van der Waals surface area contributed by atoms with Gasteiger partial charge in [-0.15, -0.1) is 0 Å². The highest BCUT2D eigenvalue weighted by Gasteiger charge is 2.37. The number of fused-ring (bicyclic) bond motifs is 1. The Bertz CT molecular complexity index is 627. The molecular formula is C12H8F4N2O3. The van der Waals surface area contributed by atoms with Crippen molar-refractivity contribution in [3.05, 3.63) is 35.1 Å². The second kappa shape index (κ2) is 5.15. The Hall–Kier alpha value is -2.45. The molecule has 1 aliphatic heterocycles. The van der Waals surface area contributed by atoms with Gasteiger partial charge in [0, 0.05) is 0 Å². The van der Waals surface area contributed by atoms with Crippen LogP contribution >= 0.6 is 0 Å². The monoisotopic (exact) mass is 304 g/mol. The summed E-state index contributed by atoms with van der Waals surface area (Å²) in [6.45, 7) is -2.42. The van der Waals surface area contributed by atoms with Crippen LogP contribution in [0.15, 0.2) is 18.2 Å². The van der Waals surface area contributed by atoms with E-state index in [1.54, 1.807) is 5.32 Å². The van der Waals surface area contributed by atoms with Crippen LogP contribution in [0.5, 0.6) is 0 Å². The van der Waals surface area contributed by atoms with Gasteiger partial charge in [-0.3, -0.25) is 19.3 Å². The maximum Gasteiger partial charge on any atom is 0.405 e. The lowest BCUT2D eigenvalue weighted by Gasteiger charge is -2.14. The Morgan fingerprint density at radius 1 is 1.14 bits per heavy atom. The molecule has 0 aliphatic carbocycles. The number of alkyl halides is 3. The summed E-state index contributed by atoms with van der Waals surface area (Å²) in [5, 5.41) is 1.54. The Morgan fingerprint density at radius 2 is 1.76 bits per heavy atom. The highest BCUT2D eigenvalue weighted by molar-refractivity contribution is 6.22. The lowest BCUT2D eigenvalue weighted by atomic mass is 10.1. The van der Waals surface area contributed by atoms with Gasteiger partial charge >= 0.3 is 6.18 Å². The number of benzene rings is 1. The zero-order valence-electron chi connectivity index (χ0n) is 10.3. The van der Waals surface area contributed by atoms with Gasteiger partial charge in [0.05, 0.1) is 11.1 Å². The molecule has 1 N–H and O–H groups in total. The predicted octanol–water partition coefficient (Wildman–Crippen LogP) is 1.10. The molecule has 0 atom stereocenters. The van der Waals surface area contributed by atoms with E-state index < -0.39 is 42.8 Å². The topological polar surface area (TPSA) is 66.5 Å². The van der Waals surface area contributed by atoms with Crippen LogP contribution in [-0.2, 0) is 4.79 Å². The van der Waals surface area contributed by atoms with Crippen LogP contribution in [-0.4, -0.2) is 41.9 Å². The number of carbonyl (C=O) groups is 3. The first-order valence-electron chi connectivity index (χ1n) is 5.68. The molecule has 5 nitrogen and oxygen atoms in total. The summed E-state index contributed by atoms with van der Waals surface area (Å²) in [6.07, 6.45) is -4.60. The van der Waals surface area contributed by atoms with E-state index in [2.05, 4.69) is 0 Å². The number of halogens is 4. The minimum absolute atomic E-state index is 0.0926. The van der Waals surface area contributed by atoms with Crippen molar-refractivity contribution in [1.29, 1.82) is 0 Å². The summed E-state index contributed by atoms with van der Waals surface area (Å²) in [5.41, 5.74) is -0.311. The largest absolute Gasteiger partial charge is 0.405 e. The van der Waals surface area contributed by atoms with Gasteiger partial charge in [-0.2, -0.15) is 13.2 Å². The lowest BCUT2D eigenvalue weighted by molar-refractivity contribution is -0.138. The molecule has 3 amide bonds. The van der Waals surface area contributed by atoms with Crippen molar-refractivity contribution >= 4 is 17.7 Å². The molecule has 0 saturated carbocycles. The second-order valence-electron chi connectivity index (χ2n) is 4.28. The van der Waals surface area contributed by atoms with Gasteiger partial charge in [0.1, 0.15) is 18.9 Å². The van der Waals surface area contributed by atoms with Crippen LogP contribution in [0.25, 0.3) is 0 Å². The molecule has 1 heterocycles. The van der Waals surface area contributed by atoms with Gasteiger partial charge < -0.3 is 5.32 Å². The van der Waals surface area contributed by atoms with Gasteiger partial charge in [0.2, 0.25) is 5.91 Å². The van der Waals surface area contributed by atoms with Crippen molar-refractivity contribution in [3.63, 3.8) is 0 Å². The molecule has 0 aromatic heterocycles. The van der Waals surface area contributed by atoms with E-state index >= 15 is 0 Å². The molecule has 0 spiro atoms. The summed E-state index contributed by atoms with van der Waals surface area (Å²) in [4.78, 5) is 35.5. The number of carbonyl (C=O) groups excluding carboxylic acids is 3. The first-order valence-corrected chi connectivity index (χ1v) is 5.68. The molecule has 0 radical (unpaired) electrons. The molecule has 1 aromatic carbocycles. The molecule has 2 rings (SSSR count). The van der Waals surface area contributed by atoms with Crippen LogP contribution < -0.4 is 5.32 Å². The van der Waals surface area contributed by atoms with E-state index in [1.807, 2.05) is 0 Å². The highest BCUT2D eigenvalue weighted by Crippen LogP contribution is 2.23. The van der Waals surface area contributed by atoms with E-state index in [4.69, 9.17) is 0 Å². The normalized spacial score (nSPS) is 14.4. The number of rotatable bonds is 3. The SMILES string of the molecule is O=C(CN1C(=O)c2ccc(F)cc2C1=O)NCC(F)(F)F. The van der Waals surface area contributed by atoms with E-state index in [9.17, 15) is 31.9 Å². The first kappa shape index (κ1) is 14.9. The molecule has 112 valence electrons. The predicted molar refractivity (Wildman–Crippen MR) is 60.8 cm³/mol. The summed E-state index contributed by atoms with van der Waals surface area (Å²) >= 11 is 0. The molecule has 21 heavy (non-hydrogen) atoms. The third-order valence-electron chi connectivity index (χ3n) is 2.72. The third-order valence-corrected chi connectivity index (χ3v) is 2.72. The molecule has 0 fully saturated rings. The van der Waals surface area contributed by atoms with Crippen LogP contribution in [0, 0.1) is 5.82 Å². The van der Waals surface area contributed by atoms with E-state index in [0.717, 1.165) is 18.2 Å². The molecule has 9 heteroatoms. The maximum absolute atomic E-state index is 13.0. The quantitative estimate of drug-likeness (QED) is 0.672. The summed E-state index contributed by atoms with van der Waals surface area (Å²) < 4.78 is 48.8. The fourth-order valence-electron chi connectivity index (χ4n) is 1.80. The van der Waals surface area contributed by atoms with Crippen LogP contribution in [0.3, 0.4) is 0 Å².